The summed E-state index contributed by atoms with van der Waals surface area (Å²) in [6.07, 6.45) is 1.72. The zero-order valence-corrected chi connectivity index (χ0v) is 15.0. The monoisotopic (exact) mass is 368 g/mol. The Morgan fingerprint density at radius 1 is 1.19 bits per heavy atom. The Labute approximate surface area is 154 Å². The van der Waals surface area contributed by atoms with Crippen LogP contribution in [0.2, 0.25) is 0 Å². The molecular weight excluding hydrogens is 352 g/mol. The maximum Gasteiger partial charge on any atom is 0.271 e. The van der Waals surface area contributed by atoms with Crippen LogP contribution >= 0.6 is 11.8 Å². The van der Waals surface area contributed by atoms with E-state index in [0.717, 1.165) is 21.2 Å². The quantitative estimate of drug-likeness (QED) is 0.386. The lowest BCUT2D eigenvalue weighted by atomic mass is 10.3. The summed E-state index contributed by atoms with van der Waals surface area (Å²) >= 11 is 1.50. The van der Waals surface area contributed by atoms with Crippen molar-refractivity contribution in [3.63, 3.8) is 0 Å². The maximum absolute atomic E-state index is 10.9. The number of anilines is 2. The number of nitro benzene ring substituents is 1. The van der Waals surface area contributed by atoms with Gasteiger partial charge in [0.05, 0.1) is 12.0 Å². The van der Waals surface area contributed by atoms with Gasteiger partial charge in [0.2, 0.25) is 5.95 Å². The number of aromatic nitrogens is 2. The van der Waals surface area contributed by atoms with Crippen molar-refractivity contribution in [3.05, 3.63) is 70.4 Å². The lowest BCUT2D eigenvalue weighted by Crippen LogP contribution is -2.00. The molecule has 0 saturated carbocycles. The third-order valence-electron chi connectivity index (χ3n) is 3.49. The van der Waals surface area contributed by atoms with E-state index in [2.05, 4.69) is 15.3 Å². The van der Waals surface area contributed by atoms with Crippen LogP contribution in [0.1, 0.15) is 5.56 Å². The van der Waals surface area contributed by atoms with Gasteiger partial charge >= 0.3 is 0 Å². The minimum atomic E-state index is -0.439. The molecule has 0 saturated heterocycles. The van der Waals surface area contributed by atoms with Crippen molar-refractivity contribution < 1.29 is 9.66 Å². The summed E-state index contributed by atoms with van der Waals surface area (Å²) in [6, 6.07) is 13.9. The van der Waals surface area contributed by atoms with E-state index >= 15 is 0 Å². The second-order valence-corrected chi connectivity index (χ2v) is 6.46. The van der Waals surface area contributed by atoms with Crippen LogP contribution in [0, 0.1) is 17.0 Å². The minimum Gasteiger partial charge on any atom is -0.497 e. The maximum atomic E-state index is 10.9. The Kier molecular flexibility index (Phi) is 5.33. The summed E-state index contributed by atoms with van der Waals surface area (Å²) in [5, 5.41) is 14.7. The highest BCUT2D eigenvalue weighted by Gasteiger charge is 2.09. The summed E-state index contributed by atoms with van der Waals surface area (Å²) in [4.78, 5) is 20.2. The Balaban J connectivity index is 1.83. The summed E-state index contributed by atoms with van der Waals surface area (Å²) in [6.45, 7) is 1.93. The van der Waals surface area contributed by atoms with Gasteiger partial charge in [-0.25, -0.2) is 9.97 Å². The van der Waals surface area contributed by atoms with Gasteiger partial charge in [-0.1, -0.05) is 23.9 Å². The van der Waals surface area contributed by atoms with Gasteiger partial charge in [0.25, 0.3) is 5.69 Å². The second-order valence-electron chi connectivity index (χ2n) is 5.40. The predicted molar refractivity (Wildman–Crippen MR) is 100 cm³/mol. The summed E-state index contributed by atoms with van der Waals surface area (Å²) in [5.74, 6) is 1.15. The minimum absolute atomic E-state index is 0.00749. The first-order valence-electron chi connectivity index (χ1n) is 7.72. The van der Waals surface area contributed by atoms with Crippen molar-refractivity contribution in [1.82, 2.24) is 9.97 Å². The van der Waals surface area contributed by atoms with E-state index < -0.39 is 4.92 Å². The van der Waals surface area contributed by atoms with Crippen LogP contribution in [0.15, 0.2) is 64.6 Å². The number of aryl methyl sites for hydroxylation is 1. The number of ether oxygens (including phenoxy) is 1. The molecule has 0 atom stereocenters. The van der Waals surface area contributed by atoms with Gasteiger partial charge in [-0.2, -0.15) is 0 Å². The number of rotatable bonds is 6. The molecule has 0 spiro atoms. The largest absolute Gasteiger partial charge is 0.497 e. The number of hydrogen-bond donors (Lipinski definition) is 1. The molecule has 1 heterocycles. The van der Waals surface area contributed by atoms with E-state index in [9.17, 15) is 10.1 Å². The van der Waals surface area contributed by atoms with Gasteiger partial charge in [0.1, 0.15) is 10.8 Å². The van der Waals surface area contributed by atoms with Crippen LogP contribution in [0.4, 0.5) is 17.3 Å². The van der Waals surface area contributed by atoms with Crippen molar-refractivity contribution in [3.8, 4) is 5.75 Å². The number of nitro groups is 1. The Morgan fingerprint density at radius 2 is 2.00 bits per heavy atom. The molecule has 3 rings (SSSR count). The molecule has 26 heavy (non-hydrogen) atoms. The van der Waals surface area contributed by atoms with E-state index in [1.54, 1.807) is 25.4 Å². The molecule has 0 bridgehead atoms. The van der Waals surface area contributed by atoms with E-state index in [4.69, 9.17) is 4.74 Å². The molecule has 3 aromatic rings. The number of non-ortho nitro benzene ring substituents is 1. The Hall–Kier alpha value is -3.13. The van der Waals surface area contributed by atoms with Crippen LogP contribution in [0.5, 0.6) is 5.75 Å². The average molecular weight is 368 g/mol. The summed E-state index contributed by atoms with van der Waals surface area (Å²) in [5.41, 5.74) is 1.50. The first-order chi connectivity index (χ1) is 12.5. The molecule has 1 aromatic heterocycles. The highest BCUT2D eigenvalue weighted by molar-refractivity contribution is 7.99. The van der Waals surface area contributed by atoms with Gasteiger partial charge in [-0.05, 0) is 31.2 Å². The zero-order valence-electron chi connectivity index (χ0n) is 14.2. The lowest BCUT2D eigenvalue weighted by Gasteiger charge is -2.09. The number of benzene rings is 2. The first-order valence-corrected chi connectivity index (χ1v) is 8.54. The summed E-state index contributed by atoms with van der Waals surface area (Å²) < 4.78 is 5.24. The fourth-order valence-corrected chi connectivity index (χ4v) is 3.08. The molecule has 0 aliphatic rings. The van der Waals surface area contributed by atoms with E-state index in [-0.39, 0.29) is 5.69 Å². The molecule has 132 valence electrons. The molecule has 0 radical (unpaired) electrons. The molecule has 2 aromatic carbocycles. The molecular formula is C18H16N4O3S. The van der Waals surface area contributed by atoms with Crippen molar-refractivity contribution in [2.45, 2.75) is 16.8 Å². The predicted octanol–water partition coefficient (Wildman–Crippen LogP) is 4.60. The number of nitrogens with zero attached hydrogens (tertiary/aromatic N) is 3. The topological polar surface area (TPSA) is 90.2 Å². The van der Waals surface area contributed by atoms with Gasteiger partial charge in [-0.3, -0.25) is 10.1 Å². The number of methoxy groups -OCH3 is 1. The smallest absolute Gasteiger partial charge is 0.271 e. The summed E-state index contributed by atoms with van der Waals surface area (Å²) in [7, 11) is 1.63. The Morgan fingerprint density at radius 3 is 2.77 bits per heavy atom. The zero-order chi connectivity index (χ0) is 18.5. The Bertz CT molecular complexity index is 949. The molecule has 0 fully saturated rings. The van der Waals surface area contributed by atoms with Crippen LogP contribution in [-0.2, 0) is 0 Å². The van der Waals surface area contributed by atoms with E-state index in [1.807, 2.05) is 31.2 Å². The van der Waals surface area contributed by atoms with E-state index in [1.165, 1.54) is 23.9 Å². The molecule has 0 aliphatic carbocycles. The van der Waals surface area contributed by atoms with Crippen LogP contribution in [-0.4, -0.2) is 22.0 Å². The fraction of sp³-hybridized carbons (Fsp3) is 0.111. The van der Waals surface area contributed by atoms with Crippen molar-refractivity contribution in [2.75, 3.05) is 12.4 Å². The highest BCUT2D eigenvalue weighted by atomic mass is 32.2. The van der Waals surface area contributed by atoms with Gasteiger partial charge < -0.3 is 10.1 Å². The van der Waals surface area contributed by atoms with Crippen molar-refractivity contribution in [2.24, 2.45) is 0 Å². The third kappa shape index (κ3) is 4.28. The average Bonchev–Trinajstić information content (AvgIpc) is 2.65. The van der Waals surface area contributed by atoms with Crippen LogP contribution in [0.3, 0.4) is 0 Å². The van der Waals surface area contributed by atoms with Crippen LogP contribution < -0.4 is 10.1 Å². The molecule has 0 amide bonds. The molecule has 0 aliphatic heterocycles. The lowest BCUT2D eigenvalue weighted by molar-refractivity contribution is -0.384. The van der Waals surface area contributed by atoms with Crippen molar-refractivity contribution in [1.29, 1.82) is 0 Å². The molecule has 8 heteroatoms. The first kappa shape index (κ1) is 17.7. The standard InChI is InChI=1S/C18H16N4O3S/c1-12-11-19-18(20-13-5-3-6-14(9-13)22(23)24)21-17(12)26-16-8-4-7-15(10-16)25-2/h3-11H,1-2H3,(H,19,20,21). The molecule has 0 unspecified atom stereocenters. The van der Waals surface area contributed by atoms with Gasteiger partial charge in [0, 0.05) is 34.5 Å². The van der Waals surface area contributed by atoms with Crippen molar-refractivity contribution >= 4 is 29.1 Å². The number of hydrogen-bond acceptors (Lipinski definition) is 7. The van der Waals surface area contributed by atoms with Gasteiger partial charge in [0.15, 0.2) is 0 Å². The number of nitrogens with one attached hydrogen (secondary N) is 1. The highest BCUT2D eigenvalue weighted by Crippen LogP contribution is 2.31. The second kappa shape index (κ2) is 7.83. The SMILES string of the molecule is COc1cccc(Sc2nc(Nc3cccc([N+](=O)[O-])c3)ncc2C)c1. The molecule has 1 N–H and O–H groups in total. The van der Waals surface area contributed by atoms with E-state index in [0.29, 0.717) is 11.6 Å². The fourth-order valence-electron chi connectivity index (χ4n) is 2.19. The van der Waals surface area contributed by atoms with Gasteiger partial charge in [-0.15, -0.1) is 0 Å². The molecule has 7 nitrogen and oxygen atoms in total. The normalized spacial score (nSPS) is 10.4. The van der Waals surface area contributed by atoms with Crippen LogP contribution in [0.25, 0.3) is 0 Å². The third-order valence-corrected chi connectivity index (χ3v) is 4.59.